The zero-order valence-electron chi connectivity index (χ0n) is 16.0. The second-order valence-corrected chi connectivity index (χ2v) is 6.55. The molecule has 4 rings (SSSR count). The number of esters is 1. The van der Waals surface area contributed by atoms with E-state index in [-0.39, 0.29) is 19.3 Å². The van der Waals surface area contributed by atoms with Crippen LogP contribution in [-0.2, 0) is 16.1 Å². The lowest BCUT2D eigenvalue weighted by molar-refractivity contribution is -0.134. The Balaban J connectivity index is 1.40. The standard InChI is InChI=1S/C22H20N2O5/c1-2-24(12-15-8-9-18-19(11-15)29-14-28-18)20(25)13-27-22(26)17-7-3-5-16-6-4-10-23-21(16)17/h3-11H,2,12-14H2,1H3. The molecule has 1 aliphatic heterocycles. The molecule has 1 amide bonds. The van der Waals surface area contributed by atoms with Crippen LogP contribution in [0, 0.1) is 0 Å². The van der Waals surface area contributed by atoms with Crippen molar-refractivity contribution < 1.29 is 23.8 Å². The molecule has 29 heavy (non-hydrogen) atoms. The number of para-hydroxylation sites is 1. The number of ether oxygens (including phenoxy) is 3. The van der Waals surface area contributed by atoms with Gasteiger partial charge in [-0.05, 0) is 36.8 Å². The summed E-state index contributed by atoms with van der Waals surface area (Å²) in [7, 11) is 0. The van der Waals surface area contributed by atoms with Crippen LogP contribution < -0.4 is 9.47 Å². The number of carbonyl (C=O) groups excluding carboxylic acids is 2. The third-order valence-corrected chi connectivity index (χ3v) is 4.72. The van der Waals surface area contributed by atoms with Gasteiger partial charge in [0.1, 0.15) is 0 Å². The Kier molecular flexibility index (Phi) is 5.29. The van der Waals surface area contributed by atoms with E-state index in [1.807, 2.05) is 37.3 Å². The molecular formula is C22H20N2O5. The fourth-order valence-corrected chi connectivity index (χ4v) is 3.20. The molecule has 3 aromatic rings. The summed E-state index contributed by atoms with van der Waals surface area (Å²) < 4.78 is 16.0. The van der Waals surface area contributed by atoms with Gasteiger partial charge >= 0.3 is 5.97 Å². The largest absolute Gasteiger partial charge is 0.454 e. The Bertz CT molecular complexity index is 1060. The predicted molar refractivity (Wildman–Crippen MR) is 106 cm³/mol. The summed E-state index contributed by atoms with van der Waals surface area (Å²) >= 11 is 0. The van der Waals surface area contributed by atoms with Gasteiger partial charge in [0.25, 0.3) is 5.91 Å². The smallest absolute Gasteiger partial charge is 0.340 e. The third-order valence-electron chi connectivity index (χ3n) is 4.72. The number of fused-ring (bicyclic) bond motifs is 2. The lowest BCUT2D eigenvalue weighted by Gasteiger charge is -2.21. The highest BCUT2D eigenvalue weighted by molar-refractivity contribution is 6.03. The SMILES string of the molecule is CCN(Cc1ccc2c(c1)OCO2)C(=O)COC(=O)c1cccc2cccnc12. The van der Waals surface area contributed by atoms with Crippen LogP contribution in [0.5, 0.6) is 11.5 Å². The molecule has 1 aliphatic rings. The van der Waals surface area contributed by atoms with Gasteiger partial charge in [-0.15, -0.1) is 0 Å². The summed E-state index contributed by atoms with van der Waals surface area (Å²) in [6, 6.07) is 14.5. The minimum atomic E-state index is -0.568. The van der Waals surface area contributed by atoms with Crippen molar-refractivity contribution in [2.45, 2.75) is 13.5 Å². The van der Waals surface area contributed by atoms with E-state index in [0.29, 0.717) is 35.7 Å². The van der Waals surface area contributed by atoms with Crippen LogP contribution in [-0.4, -0.2) is 41.7 Å². The summed E-state index contributed by atoms with van der Waals surface area (Å²) in [6.07, 6.45) is 1.62. The monoisotopic (exact) mass is 392 g/mol. The maximum atomic E-state index is 12.6. The Morgan fingerprint density at radius 1 is 1.10 bits per heavy atom. The van der Waals surface area contributed by atoms with Gasteiger partial charge in [0.2, 0.25) is 6.79 Å². The molecule has 0 spiro atoms. The highest BCUT2D eigenvalue weighted by Crippen LogP contribution is 2.32. The molecule has 2 heterocycles. The first-order valence-corrected chi connectivity index (χ1v) is 9.33. The number of aromatic nitrogens is 1. The zero-order valence-corrected chi connectivity index (χ0v) is 16.0. The summed E-state index contributed by atoms with van der Waals surface area (Å²) in [5.74, 6) is 0.523. The highest BCUT2D eigenvalue weighted by Gasteiger charge is 2.19. The van der Waals surface area contributed by atoms with Crippen molar-refractivity contribution in [2.75, 3.05) is 19.9 Å². The molecule has 148 valence electrons. The van der Waals surface area contributed by atoms with Crippen molar-refractivity contribution in [3.63, 3.8) is 0 Å². The van der Waals surface area contributed by atoms with Gasteiger partial charge in [-0.25, -0.2) is 4.79 Å². The zero-order chi connectivity index (χ0) is 20.2. The van der Waals surface area contributed by atoms with E-state index >= 15 is 0 Å². The van der Waals surface area contributed by atoms with Crippen LogP contribution in [0.15, 0.2) is 54.7 Å². The third kappa shape index (κ3) is 3.99. The Morgan fingerprint density at radius 3 is 2.79 bits per heavy atom. The lowest BCUT2D eigenvalue weighted by atomic mass is 10.1. The molecule has 0 fully saturated rings. The molecule has 0 unspecified atom stereocenters. The number of rotatable bonds is 6. The van der Waals surface area contributed by atoms with Crippen LogP contribution in [0.3, 0.4) is 0 Å². The van der Waals surface area contributed by atoms with Crippen molar-refractivity contribution in [1.82, 2.24) is 9.88 Å². The molecule has 0 saturated carbocycles. The van der Waals surface area contributed by atoms with Crippen LogP contribution >= 0.6 is 0 Å². The second kappa shape index (κ2) is 8.18. The molecule has 1 aromatic heterocycles. The number of benzene rings is 2. The number of likely N-dealkylation sites (N-methyl/N-ethyl adjacent to an activating group) is 1. The van der Waals surface area contributed by atoms with E-state index < -0.39 is 5.97 Å². The maximum Gasteiger partial charge on any atom is 0.340 e. The Labute approximate surface area is 167 Å². The van der Waals surface area contributed by atoms with Gasteiger partial charge in [0.15, 0.2) is 18.1 Å². The van der Waals surface area contributed by atoms with Crippen molar-refractivity contribution in [3.05, 3.63) is 65.9 Å². The highest BCUT2D eigenvalue weighted by atomic mass is 16.7. The quantitative estimate of drug-likeness (QED) is 0.600. The van der Waals surface area contributed by atoms with Crippen molar-refractivity contribution >= 4 is 22.8 Å². The van der Waals surface area contributed by atoms with Gasteiger partial charge in [-0.3, -0.25) is 9.78 Å². The number of amides is 1. The number of carbonyl (C=O) groups is 2. The lowest BCUT2D eigenvalue weighted by Crippen LogP contribution is -2.34. The Hall–Kier alpha value is -3.61. The number of hydrogen-bond acceptors (Lipinski definition) is 6. The predicted octanol–water partition coefficient (Wildman–Crippen LogP) is 3.17. The van der Waals surface area contributed by atoms with Crippen LogP contribution in [0.2, 0.25) is 0 Å². The number of nitrogens with zero attached hydrogens (tertiary/aromatic N) is 2. The van der Waals surface area contributed by atoms with Crippen molar-refractivity contribution in [2.24, 2.45) is 0 Å². The molecule has 7 nitrogen and oxygen atoms in total. The van der Waals surface area contributed by atoms with E-state index in [0.717, 1.165) is 10.9 Å². The van der Waals surface area contributed by atoms with E-state index in [9.17, 15) is 9.59 Å². The molecule has 0 aliphatic carbocycles. The van der Waals surface area contributed by atoms with Crippen LogP contribution in [0.4, 0.5) is 0 Å². The summed E-state index contributed by atoms with van der Waals surface area (Å²) in [5, 5.41) is 0.839. The molecule has 7 heteroatoms. The fraction of sp³-hybridized carbons (Fsp3) is 0.227. The molecule has 0 atom stereocenters. The van der Waals surface area contributed by atoms with E-state index in [1.165, 1.54) is 0 Å². The summed E-state index contributed by atoms with van der Waals surface area (Å²) in [6.45, 7) is 2.62. The van der Waals surface area contributed by atoms with Gasteiger partial charge in [0.05, 0.1) is 11.1 Å². The Morgan fingerprint density at radius 2 is 1.93 bits per heavy atom. The van der Waals surface area contributed by atoms with Crippen molar-refractivity contribution in [3.8, 4) is 11.5 Å². The number of hydrogen-bond donors (Lipinski definition) is 0. The van der Waals surface area contributed by atoms with E-state index in [4.69, 9.17) is 14.2 Å². The maximum absolute atomic E-state index is 12.6. The normalized spacial score (nSPS) is 12.0. The topological polar surface area (TPSA) is 78.0 Å². The van der Waals surface area contributed by atoms with E-state index in [1.54, 1.807) is 29.3 Å². The average molecular weight is 392 g/mol. The molecule has 0 bridgehead atoms. The van der Waals surface area contributed by atoms with Crippen LogP contribution in [0.1, 0.15) is 22.8 Å². The van der Waals surface area contributed by atoms with Gasteiger partial charge in [-0.1, -0.05) is 24.3 Å². The minimum absolute atomic E-state index is 0.203. The minimum Gasteiger partial charge on any atom is -0.454 e. The van der Waals surface area contributed by atoms with E-state index in [2.05, 4.69) is 4.98 Å². The molecule has 0 saturated heterocycles. The number of pyridine rings is 1. The average Bonchev–Trinajstić information content (AvgIpc) is 3.23. The molecule has 0 N–H and O–H groups in total. The first-order chi connectivity index (χ1) is 14.2. The second-order valence-electron chi connectivity index (χ2n) is 6.55. The van der Waals surface area contributed by atoms with Crippen molar-refractivity contribution in [1.29, 1.82) is 0 Å². The van der Waals surface area contributed by atoms with Gasteiger partial charge < -0.3 is 19.1 Å². The fourth-order valence-electron chi connectivity index (χ4n) is 3.20. The summed E-state index contributed by atoms with van der Waals surface area (Å²) in [4.78, 5) is 30.9. The molecule has 0 radical (unpaired) electrons. The first-order valence-electron chi connectivity index (χ1n) is 9.33. The van der Waals surface area contributed by atoms with Crippen LogP contribution in [0.25, 0.3) is 10.9 Å². The van der Waals surface area contributed by atoms with Gasteiger partial charge in [-0.2, -0.15) is 0 Å². The first kappa shape index (κ1) is 18.7. The molecular weight excluding hydrogens is 372 g/mol. The molecule has 2 aromatic carbocycles. The summed E-state index contributed by atoms with van der Waals surface area (Å²) in [5.41, 5.74) is 1.81. The van der Waals surface area contributed by atoms with Gasteiger partial charge in [0, 0.05) is 24.7 Å².